The van der Waals surface area contributed by atoms with Gasteiger partial charge in [-0.15, -0.1) is 0 Å². The summed E-state index contributed by atoms with van der Waals surface area (Å²) in [6, 6.07) is 4.35. The van der Waals surface area contributed by atoms with Crippen LogP contribution in [0.2, 0.25) is 0 Å². The smallest absolute Gasteiger partial charge is 0.326 e. The third kappa shape index (κ3) is 8.32. The molecule has 15 heteroatoms. The normalized spacial score (nSPS) is 18.2. The number of H-pyrrole nitrogens is 1. The molecule has 0 saturated carbocycles. The van der Waals surface area contributed by atoms with Crippen molar-refractivity contribution < 1.29 is 19.2 Å². The number of aromatic nitrogens is 6. The third-order valence-corrected chi connectivity index (χ3v) is 9.36. The molecule has 0 saturated heterocycles. The van der Waals surface area contributed by atoms with Crippen LogP contribution in [0.4, 0.5) is 0 Å². The number of rotatable bonds is 5. The summed E-state index contributed by atoms with van der Waals surface area (Å²) in [7, 11) is 0. The SMILES string of the molecule is CC[C@H](C)[C@@H]1NC(=O)CCCN(C(=O)CCc2c(C)nc3ncnn3c2C)CCCNC(=O)c2ccc3[nH]c(=O)n(c3c2)CCCNC1=O. The van der Waals surface area contributed by atoms with Crippen LogP contribution in [0.25, 0.3) is 16.8 Å². The van der Waals surface area contributed by atoms with E-state index in [-0.39, 0.29) is 48.1 Å². The van der Waals surface area contributed by atoms with Crippen LogP contribution < -0.4 is 21.6 Å². The largest absolute Gasteiger partial charge is 0.354 e. The Balaban J connectivity index is 1.32. The molecule has 0 aliphatic carbocycles. The molecule has 0 unspecified atom stereocenters. The lowest BCUT2D eigenvalue weighted by Crippen LogP contribution is -2.50. The number of amides is 4. The predicted molar refractivity (Wildman–Crippen MR) is 183 cm³/mol. The molecule has 1 aliphatic rings. The Bertz CT molecular complexity index is 1890. The minimum atomic E-state index is -0.706. The lowest BCUT2D eigenvalue weighted by atomic mass is 9.98. The number of carbonyl (C=O) groups is 4. The molecule has 49 heavy (non-hydrogen) atoms. The molecule has 4 amide bonds. The average molecular weight is 675 g/mol. The van der Waals surface area contributed by atoms with Gasteiger partial charge in [-0.3, -0.25) is 23.7 Å². The minimum Gasteiger partial charge on any atom is -0.354 e. The summed E-state index contributed by atoms with van der Waals surface area (Å²) in [5.41, 5.74) is 3.93. The van der Waals surface area contributed by atoms with E-state index in [0.717, 1.165) is 17.0 Å². The number of nitrogens with zero attached hydrogens (tertiary/aromatic N) is 6. The fourth-order valence-corrected chi connectivity index (χ4v) is 6.30. The number of hydrogen-bond donors (Lipinski definition) is 4. The van der Waals surface area contributed by atoms with E-state index in [4.69, 9.17) is 0 Å². The van der Waals surface area contributed by atoms with Gasteiger partial charge in [0, 0.05) is 62.5 Å². The maximum atomic E-state index is 13.6. The molecule has 0 fully saturated rings. The van der Waals surface area contributed by atoms with Gasteiger partial charge in [-0.05, 0) is 69.2 Å². The molecule has 5 rings (SSSR count). The van der Waals surface area contributed by atoms with Crippen LogP contribution in [0.3, 0.4) is 0 Å². The Kier molecular flexibility index (Phi) is 11.4. The minimum absolute atomic E-state index is 0.0737. The number of fused-ring (bicyclic) bond motifs is 2. The van der Waals surface area contributed by atoms with E-state index >= 15 is 0 Å². The molecule has 1 aromatic carbocycles. The van der Waals surface area contributed by atoms with Gasteiger partial charge in [-0.25, -0.2) is 14.3 Å². The number of nitrogens with one attached hydrogen (secondary N) is 4. The monoisotopic (exact) mass is 674 g/mol. The molecule has 15 nitrogen and oxygen atoms in total. The van der Waals surface area contributed by atoms with Gasteiger partial charge in [0.05, 0.1) is 11.0 Å². The summed E-state index contributed by atoms with van der Waals surface area (Å²) in [5, 5.41) is 13.0. The van der Waals surface area contributed by atoms with Crippen molar-refractivity contribution in [2.45, 2.75) is 85.2 Å². The highest BCUT2D eigenvalue weighted by Gasteiger charge is 2.26. The first-order valence-electron chi connectivity index (χ1n) is 17.1. The van der Waals surface area contributed by atoms with Crippen molar-refractivity contribution in [2.75, 3.05) is 26.2 Å². The second-order valence-corrected chi connectivity index (χ2v) is 12.7. The molecule has 0 spiro atoms. The molecular weight excluding hydrogens is 628 g/mol. The molecule has 4 N–H and O–H groups in total. The zero-order valence-electron chi connectivity index (χ0n) is 28.7. The highest BCUT2D eigenvalue weighted by atomic mass is 16.2. The number of hydrogen-bond acceptors (Lipinski definition) is 8. The highest BCUT2D eigenvalue weighted by Crippen LogP contribution is 2.17. The average Bonchev–Trinajstić information content (AvgIpc) is 3.68. The van der Waals surface area contributed by atoms with Crippen LogP contribution in [-0.4, -0.2) is 89.9 Å². The highest BCUT2D eigenvalue weighted by molar-refractivity contribution is 5.97. The maximum Gasteiger partial charge on any atom is 0.326 e. The third-order valence-electron chi connectivity index (χ3n) is 9.36. The van der Waals surface area contributed by atoms with E-state index in [9.17, 15) is 24.0 Å². The van der Waals surface area contributed by atoms with Gasteiger partial charge < -0.3 is 25.8 Å². The molecule has 262 valence electrons. The first-order chi connectivity index (χ1) is 23.6. The second kappa shape index (κ2) is 15.9. The van der Waals surface area contributed by atoms with Crippen molar-refractivity contribution in [1.82, 2.24) is 50.0 Å². The van der Waals surface area contributed by atoms with Crippen molar-refractivity contribution >= 4 is 40.4 Å². The summed E-state index contributed by atoms with van der Waals surface area (Å²) in [5.74, 6) is -0.482. The zero-order chi connectivity index (χ0) is 35.1. The lowest BCUT2D eigenvalue weighted by Gasteiger charge is -2.25. The van der Waals surface area contributed by atoms with Gasteiger partial charge >= 0.3 is 5.69 Å². The van der Waals surface area contributed by atoms with Crippen LogP contribution >= 0.6 is 0 Å². The first-order valence-corrected chi connectivity index (χ1v) is 17.1. The van der Waals surface area contributed by atoms with E-state index in [1.165, 1.54) is 6.33 Å². The van der Waals surface area contributed by atoms with Crippen LogP contribution in [-0.2, 0) is 27.3 Å². The van der Waals surface area contributed by atoms with Crippen molar-refractivity contribution in [3.05, 3.63) is 57.5 Å². The molecule has 0 radical (unpaired) electrons. The number of imidazole rings is 1. The quantitative estimate of drug-likeness (QED) is 0.247. The maximum absolute atomic E-state index is 13.6. The van der Waals surface area contributed by atoms with Gasteiger partial charge in [0.2, 0.25) is 17.7 Å². The van der Waals surface area contributed by atoms with Crippen molar-refractivity contribution in [1.29, 1.82) is 0 Å². The summed E-state index contributed by atoms with van der Waals surface area (Å²) in [4.78, 5) is 78.9. The molecule has 4 heterocycles. The Morgan fingerprint density at radius 2 is 1.78 bits per heavy atom. The van der Waals surface area contributed by atoms with E-state index < -0.39 is 6.04 Å². The standard InChI is InChI=1S/C34H46N10O5/c1-5-21(2)30-32(48)36-15-8-18-43-27-19-24(10-12-26(27)40-34(43)49)31(47)35-14-7-17-42(16-6-9-28(45)41-30)29(46)13-11-25-22(3)39-33-37-20-38-44(33)23(25)4/h10,12,19-21,30H,5-9,11,13-18H2,1-4H3,(H,35,47)(H,36,48)(H,40,49)(H,41,45)/t21-,30-/m0/s1. The van der Waals surface area contributed by atoms with Crippen LogP contribution in [0.5, 0.6) is 0 Å². The summed E-state index contributed by atoms with van der Waals surface area (Å²) < 4.78 is 3.22. The van der Waals surface area contributed by atoms with E-state index in [0.29, 0.717) is 87.2 Å². The zero-order valence-corrected chi connectivity index (χ0v) is 28.7. The fourth-order valence-electron chi connectivity index (χ4n) is 6.30. The Labute approximate surface area is 284 Å². The predicted octanol–water partition coefficient (Wildman–Crippen LogP) is 1.80. The van der Waals surface area contributed by atoms with Crippen molar-refractivity contribution in [3.8, 4) is 0 Å². The Morgan fingerprint density at radius 1 is 1.02 bits per heavy atom. The molecule has 4 aromatic rings. The summed E-state index contributed by atoms with van der Waals surface area (Å²) >= 11 is 0. The molecular formula is C34H46N10O5. The first kappa shape index (κ1) is 35.2. The van der Waals surface area contributed by atoms with Crippen molar-refractivity contribution in [2.24, 2.45) is 5.92 Å². The number of benzene rings is 1. The number of carbonyl (C=O) groups excluding carboxylic acids is 4. The lowest BCUT2D eigenvalue weighted by molar-refractivity contribution is -0.132. The van der Waals surface area contributed by atoms with Crippen LogP contribution in [0.1, 0.15) is 79.7 Å². The molecule has 2 atom stereocenters. The van der Waals surface area contributed by atoms with E-state index in [1.54, 1.807) is 32.2 Å². The summed E-state index contributed by atoms with van der Waals surface area (Å²) in [6.45, 7) is 9.41. The van der Waals surface area contributed by atoms with E-state index in [1.807, 2.05) is 27.7 Å². The number of aryl methyl sites for hydroxylation is 3. The van der Waals surface area contributed by atoms with Gasteiger partial charge in [0.25, 0.3) is 11.7 Å². The Hall–Kier alpha value is -5.08. The number of aromatic amines is 1. The van der Waals surface area contributed by atoms with Gasteiger partial charge in [-0.1, -0.05) is 20.3 Å². The van der Waals surface area contributed by atoms with Crippen LogP contribution in [0, 0.1) is 19.8 Å². The van der Waals surface area contributed by atoms with Gasteiger partial charge in [0.1, 0.15) is 12.4 Å². The van der Waals surface area contributed by atoms with Gasteiger partial charge in [0.15, 0.2) is 0 Å². The molecule has 1 aliphatic heterocycles. The second-order valence-electron chi connectivity index (χ2n) is 12.7. The molecule has 3 aromatic heterocycles. The summed E-state index contributed by atoms with van der Waals surface area (Å²) in [6.07, 6.45) is 4.38. The fraction of sp³-hybridized carbons (Fsp3) is 0.529. The topological polar surface area (TPSA) is 188 Å². The Morgan fingerprint density at radius 3 is 2.57 bits per heavy atom. The van der Waals surface area contributed by atoms with Crippen LogP contribution in [0.15, 0.2) is 29.3 Å². The van der Waals surface area contributed by atoms with Crippen molar-refractivity contribution in [3.63, 3.8) is 0 Å². The van der Waals surface area contributed by atoms with Gasteiger partial charge in [-0.2, -0.15) is 10.1 Å². The van der Waals surface area contributed by atoms with E-state index in [2.05, 4.69) is 36.0 Å². The molecule has 2 bridgehead atoms.